The monoisotopic (exact) mass is 247 g/mol. The van der Waals surface area contributed by atoms with Gasteiger partial charge in [0, 0.05) is 12.3 Å². The highest BCUT2D eigenvalue weighted by Crippen LogP contribution is 2.29. The van der Waals surface area contributed by atoms with E-state index in [4.69, 9.17) is 5.11 Å². The molecule has 0 saturated heterocycles. The number of hydrogen-bond donors (Lipinski definition) is 2. The van der Waals surface area contributed by atoms with Crippen LogP contribution in [0.15, 0.2) is 24.3 Å². The summed E-state index contributed by atoms with van der Waals surface area (Å²) >= 11 is 0. The van der Waals surface area contributed by atoms with E-state index in [9.17, 15) is 9.59 Å². The topological polar surface area (TPSA) is 66.4 Å². The predicted octanol–water partition coefficient (Wildman–Crippen LogP) is 1.52. The highest BCUT2D eigenvalue weighted by Gasteiger charge is 2.32. The van der Waals surface area contributed by atoms with Gasteiger partial charge in [0.05, 0.1) is 0 Å². The zero-order chi connectivity index (χ0) is 13.1. The fourth-order valence-corrected chi connectivity index (χ4v) is 1.91. The number of hydrogen-bond acceptors (Lipinski definition) is 2. The third kappa shape index (κ3) is 3.32. The number of benzene rings is 1. The van der Waals surface area contributed by atoms with Crippen LogP contribution in [-0.2, 0) is 16.0 Å². The normalized spacial score (nSPS) is 16.1. The molecule has 18 heavy (non-hydrogen) atoms. The second-order valence-corrected chi connectivity index (χ2v) is 4.87. The van der Waals surface area contributed by atoms with Crippen molar-refractivity contribution < 1.29 is 14.7 Å². The van der Waals surface area contributed by atoms with Crippen LogP contribution in [0.5, 0.6) is 0 Å². The number of carboxylic acids is 1. The van der Waals surface area contributed by atoms with Gasteiger partial charge in [0.1, 0.15) is 6.04 Å². The van der Waals surface area contributed by atoms with E-state index in [0.29, 0.717) is 6.42 Å². The lowest BCUT2D eigenvalue weighted by Crippen LogP contribution is -2.43. The van der Waals surface area contributed by atoms with Gasteiger partial charge in [-0.05, 0) is 25.3 Å². The summed E-state index contributed by atoms with van der Waals surface area (Å²) in [5, 5.41) is 11.7. The fraction of sp³-hybridized carbons (Fsp3) is 0.429. The van der Waals surface area contributed by atoms with Crippen LogP contribution < -0.4 is 5.32 Å². The van der Waals surface area contributed by atoms with Gasteiger partial charge in [0.25, 0.3) is 0 Å². The van der Waals surface area contributed by atoms with E-state index in [1.807, 2.05) is 31.2 Å². The van der Waals surface area contributed by atoms with Crippen molar-refractivity contribution in [3.8, 4) is 0 Å². The number of rotatable bonds is 5. The second kappa shape index (κ2) is 5.21. The van der Waals surface area contributed by atoms with Gasteiger partial charge in [-0.3, -0.25) is 4.79 Å². The molecule has 0 bridgehead atoms. The Kier molecular flexibility index (Phi) is 3.65. The number of carbonyl (C=O) groups excluding carboxylic acids is 1. The molecule has 1 atom stereocenters. The second-order valence-electron chi connectivity index (χ2n) is 4.87. The van der Waals surface area contributed by atoms with E-state index in [2.05, 4.69) is 5.32 Å². The van der Waals surface area contributed by atoms with E-state index in [1.54, 1.807) is 0 Å². The van der Waals surface area contributed by atoms with Gasteiger partial charge in [-0.25, -0.2) is 4.79 Å². The van der Waals surface area contributed by atoms with Crippen molar-refractivity contribution in [2.45, 2.75) is 32.2 Å². The average Bonchev–Trinajstić information content (AvgIpc) is 3.11. The van der Waals surface area contributed by atoms with Crippen molar-refractivity contribution in [1.82, 2.24) is 5.32 Å². The summed E-state index contributed by atoms with van der Waals surface area (Å²) in [6.45, 7) is 1.96. The number of aryl methyl sites for hydroxylation is 1. The van der Waals surface area contributed by atoms with Gasteiger partial charge in [0.15, 0.2) is 0 Å². The molecular formula is C14H17NO3. The van der Waals surface area contributed by atoms with Crippen LogP contribution in [0.1, 0.15) is 24.0 Å². The smallest absolute Gasteiger partial charge is 0.326 e. The number of amides is 1. The first kappa shape index (κ1) is 12.6. The molecule has 1 unspecified atom stereocenters. The highest BCUT2D eigenvalue weighted by atomic mass is 16.4. The number of aliphatic carboxylic acids is 1. The van der Waals surface area contributed by atoms with E-state index in [0.717, 1.165) is 24.0 Å². The quantitative estimate of drug-likeness (QED) is 0.829. The minimum atomic E-state index is -0.981. The van der Waals surface area contributed by atoms with Crippen molar-refractivity contribution in [1.29, 1.82) is 0 Å². The van der Waals surface area contributed by atoms with Crippen molar-refractivity contribution in [3.63, 3.8) is 0 Å². The lowest BCUT2D eigenvalue weighted by Gasteiger charge is -2.14. The molecule has 0 aliphatic heterocycles. The lowest BCUT2D eigenvalue weighted by atomic mass is 10.0. The Labute approximate surface area is 106 Å². The van der Waals surface area contributed by atoms with Gasteiger partial charge in [0.2, 0.25) is 5.91 Å². The molecule has 1 saturated carbocycles. The Hall–Kier alpha value is -1.84. The first-order valence-corrected chi connectivity index (χ1v) is 6.15. The third-order valence-corrected chi connectivity index (χ3v) is 3.09. The molecule has 0 aromatic heterocycles. The zero-order valence-electron chi connectivity index (χ0n) is 10.3. The molecule has 96 valence electrons. The SMILES string of the molecule is Cc1cccc(CC(NC(=O)C2CC2)C(=O)O)c1. The number of carbonyl (C=O) groups is 2. The molecule has 2 N–H and O–H groups in total. The highest BCUT2D eigenvalue weighted by molar-refractivity contribution is 5.86. The maximum atomic E-state index is 11.6. The molecule has 0 heterocycles. The maximum absolute atomic E-state index is 11.6. The third-order valence-electron chi connectivity index (χ3n) is 3.09. The molecular weight excluding hydrogens is 230 g/mol. The Bertz CT molecular complexity index is 466. The van der Waals surface area contributed by atoms with E-state index in [1.165, 1.54) is 0 Å². The molecule has 0 spiro atoms. The average molecular weight is 247 g/mol. The van der Waals surface area contributed by atoms with Gasteiger partial charge in [-0.15, -0.1) is 0 Å². The van der Waals surface area contributed by atoms with Crippen LogP contribution in [-0.4, -0.2) is 23.0 Å². The largest absolute Gasteiger partial charge is 0.480 e. The van der Waals surface area contributed by atoms with Gasteiger partial charge < -0.3 is 10.4 Å². The molecule has 1 aromatic rings. The molecule has 0 radical (unpaired) electrons. The van der Waals surface area contributed by atoms with Crippen LogP contribution >= 0.6 is 0 Å². The molecule has 2 rings (SSSR count). The van der Waals surface area contributed by atoms with Crippen molar-refractivity contribution in [2.75, 3.05) is 0 Å². The van der Waals surface area contributed by atoms with E-state index >= 15 is 0 Å². The van der Waals surface area contributed by atoms with Crippen LogP contribution in [0.3, 0.4) is 0 Å². The van der Waals surface area contributed by atoms with E-state index in [-0.39, 0.29) is 11.8 Å². The summed E-state index contributed by atoms with van der Waals surface area (Å²) in [7, 11) is 0. The zero-order valence-corrected chi connectivity index (χ0v) is 10.3. The van der Waals surface area contributed by atoms with Crippen molar-refractivity contribution in [2.24, 2.45) is 5.92 Å². The minimum absolute atomic E-state index is 0.0318. The van der Waals surface area contributed by atoms with Crippen LogP contribution in [0.4, 0.5) is 0 Å². The number of nitrogens with one attached hydrogen (secondary N) is 1. The fourth-order valence-electron chi connectivity index (χ4n) is 1.91. The van der Waals surface area contributed by atoms with Crippen LogP contribution in [0, 0.1) is 12.8 Å². The molecule has 1 fully saturated rings. The lowest BCUT2D eigenvalue weighted by molar-refractivity contribution is -0.142. The van der Waals surface area contributed by atoms with Crippen LogP contribution in [0.2, 0.25) is 0 Å². The first-order chi connectivity index (χ1) is 8.56. The van der Waals surface area contributed by atoms with Crippen molar-refractivity contribution >= 4 is 11.9 Å². The number of carboxylic acid groups (broad SMARTS) is 1. The molecule has 4 heteroatoms. The van der Waals surface area contributed by atoms with Gasteiger partial charge in [-0.2, -0.15) is 0 Å². The molecule has 1 aromatic carbocycles. The van der Waals surface area contributed by atoms with Gasteiger partial charge >= 0.3 is 5.97 Å². The predicted molar refractivity (Wildman–Crippen MR) is 67.2 cm³/mol. The Morgan fingerprint density at radius 2 is 2.17 bits per heavy atom. The summed E-state index contributed by atoms with van der Waals surface area (Å²) in [6.07, 6.45) is 2.08. The van der Waals surface area contributed by atoms with Crippen LogP contribution in [0.25, 0.3) is 0 Å². The standard InChI is InChI=1S/C14H17NO3/c1-9-3-2-4-10(7-9)8-12(14(17)18)15-13(16)11-5-6-11/h2-4,7,11-12H,5-6,8H2,1H3,(H,15,16)(H,17,18). The summed E-state index contributed by atoms with van der Waals surface area (Å²) < 4.78 is 0. The summed E-state index contributed by atoms with van der Waals surface area (Å²) in [5.74, 6) is -1.08. The molecule has 4 nitrogen and oxygen atoms in total. The molecule has 1 amide bonds. The maximum Gasteiger partial charge on any atom is 0.326 e. The summed E-state index contributed by atoms with van der Waals surface area (Å²) in [5.41, 5.74) is 2.02. The Morgan fingerprint density at radius 1 is 1.44 bits per heavy atom. The van der Waals surface area contributed by atoms with E-state index < -0.39 is 12.0 Å². The molecule has 1 aliphatic rings. The minimum Gasteiger partial charge on any atom is -0.480 e. The summed E-state index contributed by atoms with van der Waals surface area (Å²) in [6, 6.07) is 6.85. The Morgan fingerprint density at radius 3 is 2.72 bits per heavy atom. The Balaban J connectivity index is 2.01. The summed E-state index contributed by atoms with van der Waals surface area (Å²) in [4.78, 5) is 22.8. The first-order valence-electron chi connectivity index (χ1n) is 6.15. The van der Waals surface area contributed by atoms with Gasteiger partial charge in [-0.1, -0.05) is 29.8 Å². The molecule has 1 aliphatic carbocycles. The van der Waals surface area contributed by atoms with Crippen molar-refractivity contribution in [3.05, 3.63) is 35.4 Å².